The van der Waals surface area contributed by atoms with Crippen molar-refractivity contribution in [2.45, 2.75) is 19.8 Å². The molecule has 1 aromatic heterocycles. The monoisotopic (exact) mass is 422 g/mol. The number of carbonyl (C=O) groups excluding carboxylic acids is 1. The number of anilines is 2. The van der Waals surface area contributed by atoms with Crippen molar-refractivity contribution in [2.24, 2.45) is 5.92 Å². The number of piperidine rings is 1. The highest BCUT2D eigenvalue weighted by Gasteiger charge is 2.27. The van der Waals surface area contributed by atoms with E-state index in [0.29, 0.717) is 23.1 Å². The van der Waals surface area contributed by atoms with E-state index >= 15 is 0 Å². The second-order valence-electron chi connectivity index (χ2n) is 7.56. The molecule has 0 saturated carbocycles. The summed E-state index contributed by atoms with van der Waals surface area (Å²) in [6, 6.07) is 18.0. The minimum Gasteiger partial charge on any atom is -0.354 e. The molecular formula is C23H23ClN4O2. The molecule has 1 amide bonds. The standard InChI is InChI=1S/C23H23ClN4O2/c1-16-7-9-19(10-8-16)25-23(30)17-4-3-13-27(15-17)21-11-12-22(29)28(26-21)20-6-2-5-18(24)14-20/h2,5-12,14,17H,3-4,13,15H2,1H3,(H,25,30)/t17-/m0/s1. The number of rotatable bonds is 4. The molecule has 7 heteroatoms. The van der Waals surface area contributed by atoms with E-state index in [1.54, 1.807) is 30.3 Å². The van der Waals surface area contributed by atoms with E-state index in [9.17, 15) is 9.59 Å². The topological polar surface area (TPSA) is 67.2 Å². The van der Waals surface area contributed by atoms with Gasteiger partial charge in [0, 0.05) is 29.9 Å². The molecule has 0 radical (unpaired) electrons. The van der Waals surface area contributed by atoms with Crippen molar-refractivity contribution in [3.05, 3.63) is 81.6 Å². The zero-order valence-electron chi connectivity index (χ0n) is 16.7. The van der Waals surface area contributed by atoms with Gasteiger partial charge >= 0.3 is 0 Å². The summed E-state index contributed by atoms with van der Waals surface area (Å²) in [6.45, 7) is 3.36. The minimum absolute atomic E-state index is 0.00622. The number of carbonyl (C=O) groups is 1. The maximum absolute atomic E-state index is 12.8. The van der Waals surface area contributed by atoms with Crippen molar-refractivity contribution in [3.8, 4) is 5.69 Å². The van der Waals surface area contributed by atoms with Gasteiger partial charge in [0.1, 0.15) is 5.82 Å². The van der Waals surface area contributed by atoms with Crippen LogP contribution in [0, 0.1) is 12.8 Å². The summed E-state index contributed by atoms with van der Waals surface area (Å²) in [5, 5.41) is 8.08. The van der Waals surface area contributed by atoms with Crippen LogP contribution in [0.4, 0.5) is 11.5 Å². The molecule has 2 aromatic carbocycles. The molecule has 1 saturated heterocycles. The lowest BCUT2D eigenvalue weighted by Crippen LogP contribution is -2.41. The molecule has 3 aromatic rings. The van der Waals surface area contributed by atoms with Gasteiger partial charge in [-0.25, -0.2) is 0 Å². The highest BCUT2D eigenvalue weighted by molar-refractivity contribution is 6.30. The first kappa shape index (κ1) is 20.2. The summed E-state index contributed by atoms with van der Waals surface area (Å²) in [5.74, 6) is 0.530. The summed E-state index contributed by atoms with van der Waals surface area (Å²) in [5.41, 5.74) is 2.33. The van der Waals surface area contributed by atoms with Gasteiger partial charge in [-0.3, -0.25) is 9.59 Å². The zero-order valence-corrected chi connectivity index (χ0v) is 17.5. The fourth-order valence-electron chi connectivity index (χ4n) is 3.64. The Morgan fingerprint density at radius 2 is 1.93 bits per heavy atom. The normalized spacial score (nSPS) is 16.3. The summed E-state index contributed by atoms with van der Waals surface area (Å²) in [7, 11) is 0. The Labute approximate surface area is 180 Å². The fraction of sp³-hybridized carbons (Fsp3) is 0.261. The fourth-order valence-corrected chi connectivity index (χ4v) is 3.83. The number of hydrogen-bond donors (Lipinski definition) is 1. The SMILES string of the molecule is Cc1ccc(NC(=O)[C@H]2CCCN(c3ccc(=O)n(-c4cccc(Cl)c4)n3)C2)cc1. The molecule has 1 N–H and O–H groups in total. The van der Waals surface area contributed by atoms with Crippen LogP contribution >= 0.6 is 11.6 Å². The van der Waals surface area contributed by atoms with Crippen LogP contribution in [0.2, 0.25) is 5.02 Å². The summed E-state index contributed by atoms with van der Waals surface area (Å²) in [4.78, 5) is 27.2. The van der Waals surface area contributed by atoms with Crippen molar-refractivity contribution < 1.29 is 4.79 Å². The Morgan fingerprint density at radius 3 is 2.70 bits per heavy atom. The van der Waals surface area contributed by atoms with E-state index in [-0.39, 0.29) is 17.4 Å². The molecule has 1 aliphatic heterocycles. The quantitative estimate of drug-likeness (QED) is 0.688. The summed E-state index contributed by atoms with van der Waals surface area (Å²) >= 11 is 6.07. The van der Waals surface area contributed by atoms with Gasteiger partial charge in [0.25, 0.3) is 5.56 Å². The van der Waals surface area contributed by atoms with E-state index in [2.05, 4.69) is 15.3 Å². The molecule has 2 heterocycles. The number of benzene rings is 2. The molecule has 154 valence electrons. The van der Waals surface area contributed by atoms with Crippen molar-refractivity contribution in [1.29, 1.82) is 0 Å². The lowest BCUT2D eigenvalue weighted by Gasteiger charge is -2.33. The Kier molecular flexibility index (Phi) is 5.86. The Hall–Kier alpha value is -3.12. The third kappa shape index (κ3) is 4.54. The van der Waals surface area contributed by atoms with Crippen molar-refractivity contribution >= 4 is 29.0 Å². The number of nitrogens with one attached hydrogen (secondary N) is 1. The highest BCUT2D eigenvalue weighted by atomic mass is 35.5. The molecule has 0 spiro atoms. The summed E-state index contributed by atoms with van der Waals surface area (Å²) in [6.07, 6.45) is 1.70. The Morgan fingerprint density at radius 1 is 1.13 bits per heavy atom. The van der Waals surface area contributed by atoms with Crippen LogP contribution in [-0.4, -0.2) is 28.8 Å². The van der Waals surface area contributed by atoms with Gasteiger partial charge in [0.2, 0.25) is 5.91 Å². The zero-order chi connectivity index (χ0) is 21.1. The van der Waals surface area contributed by atoms with E-state index in [1.165, 1.54) is 10.7 Å². The third-order valence-corrected chi connectivity index (χ3v) is 5.51. The molecule has 0 unspecified atom stereocenters. The van der Waals surface area contributed by atoms with Crippen LogP contribution < -0.4 is 15.8 Å². The average molecular weight is 423 g/mol. The van der Waals surface area contributed by atoms with E-state index < -0.39 is 0 Å². The third-order valence-electron chi connectivity index (χ3n) is 5.27. The van der Waals surface area contributed by atoms with Crippen LogP contribution in [0.15, 0.2) is 65.5 Å². The number of halogens is 1. The molecule has 0 bridgehead atoms. The van der Waals surface area contributed by atoms with Crippen molar-refractivity contribution in [3.63, 3.8) is 0 Å². The molecule has 4 rings (SSSR count). The number of nitrogens with zero attached hydrogens (tertiary/aromatic N) is 3. The number of amides is 1. The molecule has 1 aliphatic rings. The smallest absolute Gasteiger partial charge is 0.271 e. The Bertz CT molecular complexity index is 1110. The predicted molar refractivity (Wildman–Crippen MR) is 120 cm³/mol. The molecule has 0 aliphatic carbocycles. The number of aromatic nitrogens is 2. The number of aryl methyl sites for hydroxylation is 1. The van der Waals surface area contributed by atoms with Gasteiger partial charge < -0.3 is 10.2 Å². The maximum Gasteiger partial charge on any atom is 0.271 e. The lowest BCUT2D eigenvalue weighted by molar-refractivity contribution is -0.120. The van der Waals surface area contributed by atoms with Gasteiger partial charge in [-0.2, -0.15) is 4.68 Å². The highest BCUT2D eigenvalue weighted by Crippen LogP contribution is 2.23. The van der Waals surface area contributed by atoms with Gasteiger partial charge in [0.05, 0.1) is 11.6 Å². The lowest BCUT2D eigenvalue weighted by atomic mass is 9.97. The summed E-state index contributed by atoms with van der Waals surface area (Å²) < 4.78 is 1.34. The van der Waals surface area contributed by atoms with Gasteiger partial charge in [0.15, 0.2) is 0 Å². The molecule has 1 fully saturated rings. The molecule has 6 nitrogen and oxygen atoms in total. The largest absolute Gasteiger partial charge is 0.354 e. The van der Waals surface area contributed by atoms with E-state index in [4.69, 9.17) is 11.6 Å². The van der Waals surface area contributed by atoms with Gasteiger partial charge in [-0.15, -0.1) is 5.10 Å². The van der Waals surface area contributed by atoms with Gasteiger partial charge in [-0.05, 0) is 56.2 Å². The van der Waals surface area contributed by atoms with Crippen molar-refractivity contribution in [2.75, 3.05) is 23.3 Å². The minimum atomic E-state index is -0.230. The second-order valence-corrected chi connectivity index (χ2v) is 8.00. The predicted octanol–water partition coefficient (Wildman–Crippen LogP) is 4.05. The van der Waals surface area contributed by atoms with Crippen LogP contribution in [0.25, 0.3) is 5.69 Å². The van der Waals surface area contributed by atoms with Gasteiger partial charge in [-0.1, -0.05) is 35.4 Å². The van der Waals surface area contributed by atoms with Crippen LogP contribution in [0.5, 0.6) is 0 Å². The first-order valence-corrected chi connectivity index (χ1v) is 10.4. The first-order chi connectivity index (χ1) is 14.5. The molecular weight excluding hydrogens is 400 g/mol. The van der Waals surface area contributed by atoms with E-state index in [0.717, 1.165) is 30.6 Å². The van der Waals surface area contributed by atoms with Crippen molar-refractivity contribution in [1.82, 2.24) is 9.78 Å². The molecule has 30 heavy (non-hydrogen) atoms. The second kappa shape index (κ2) is 8.71. The van der Waals surface area contributed by atoms with Crippen LogP contribution in [0.1, 0.15) is 18.4 Å². The van der Waals surface area contributed by atoms with Crippen LogP contribution in [-0.2, 0) is 4.79 Å². The average Bonchev–Trinajstić information content (AvgIpc) is 2.76. The first-order valence-electron chi connectivity index (χ1n) is 9.98. The number of hydrogen-bond acceptors (Lipinski definition) is 4. The Balaban J connectivity index is 1.52. The van der Waals surface area contributed by atoms with E-state index in [1.807, 2.05) is 31.2 Å². The molecule has 1 atom stereocenters. The van der Waals surface area contributed by atoms with Crippen LogP contribution in [0.3, 0.4) is 0 Å². The maximum atomic E-state index is 12.8.